The van der Waals surface area contributed by atoms with Gasteiger partial charge in [-0.3, -0.25) is 0 Å². The average molecular weight is 459 g/mol. The Morgan fingerprint density at radius 2 is 1.50 bits per heavy atom. The standard InChI is InChI=1S/C27H25NO6/c1-4-32-23-10-12-24(13-11-23)33-18-27(29)34-25-14-5-19(16-26(25)31-3)15-21(17-28)20-6-8-22(30-2)9-7-20/h5-16H,4,18H2,1-3H3/b21-15-. The maximum Gasteiger partial charge on any atom is 0.349 e. The van der Waals surface area contributed by atoms with E-state index in [4.69, 9.17) is 23.7 Å². The molecule has 0 aromatic heterocycles. The number of esters is 1. The van der Waals surface area contributed by atoms with Gasteiger partial charge < -0.3 is 23.7 Å². The molecule has 0 unspecified atom stereocenters. The Labute approximate surface area is 198 Å². The first kappa shape index (κ1) is 24.2. The van der Waals surface area contributed by atoms with E-state index in [2.05, 4.69) is 6.07 Å². The van der Waals surface area contributed by atoms with Crippen LogP contribution in [0.4, 0.5) is 0 Å². The Morgan fingerprint density at radius 1 is 0.853 bits per heavy atom. The first-order valence-electron chi connectivity index (χ1n) is 10.6. The number of carbonyl (C=O) groups is 1. The molecule has 0 aliphatic carbocycles. The number of hydrogen-bond acceptors (Lipinski definition) is 7. The maximum atomic E-state index is 12.3. The fourth-order valence-electron chi connectivity index (χ4n) is 3.07. The predicted molar refractivity (Wildman–Crippen MR) is 128 cm³/mol. The molecule has 0 N–H and O–H groups in total. The Bertz CT molecular complexity index is 1180. The molecule has 0 atom stereocenters. The minimum atomic E-state index is -0.577. The monoisotopic (exact) mass is 459 g/mol. The van der Waals surface area contributed by atoms with Crippen LogP contribution in [0.1, 0.15) is 18.1 Å². The minimum Gasteiger partial charge on any atom is -0.497 e. The smallest absolute Gasteiger partial charge is 0.349 e. The van der Waals surface area contributed by atoms with Crippen LogP contribution in [-0.4, -0.2) is 33.4 Å². The van der Waals surface area contributed by atoms with E-state index in [1.165, 1.54) is 7.11 Å². The van der Waals surface area contributed by atoms with Crippen LogP contribution in [0.3, 0.4) is 0 Å². The van der Waals surface area contributed by atoms with E-state index in [0.717, 1.165) is 16.9 Å². The van der Waals surface area contributed by atoms with Crippen molar-refractivity contribution in [3.8, 4) is 34.8 Å². The van der Waals surface area contributed by atoms with Gasteiger partial charge in [0.1, 0.15) is 17.2 Å². The number of carbonyl (C=O) groups excluding carboxylic acids is 1. The Morgan fingerprint density at radius 3 is 2.09 bits per heavy atom. The van der Waals surface area contributed by atoms with Crippen molar-refractivity contribution in [3.63, 3.8) is 0 Å². The second-order valence-electron chi connectivity index (χ2n) is 6.98. The molecule has 0 aliphatic rings. The lowest BCUT2D eigenvalue weighted by molar-refractivity contribution is -0.136. The minimum absolute atomic E-state index is 0.253. The van der Waals surface area contributed by atoms with Crippen LogP contribution in [0.2, 0.25) is 0 Å². The van der Waals surface area contributed by atoms with Crippen molar-refractivity contribution in [1.29, 1.82) is 5.26 Å². The summed E-state index contributed by atoms with van der Waals surface area (Å²) in [5, 5.41) is 9.59. The van der Waals surface area contributed by atoms with Crippen LogP contribution >= 0.6 is 0 Å². The molecule has 0 heterocycles. The number of benzene rings is 3. The van der Waals surface area contributed by atoms with Crippen molar-refractivity contribution < 1.29 is 28.5 Å². The quantitative estimate of drug-likeness (QED) is 0.179. The number of nitrogens with zero attached hydrogens (tertiary/aromatic N) is 1. The Balaban J connectivity index is 1.67. The first-order chi connectivity index (χ1) is 16.6. The van der Waals surface area contributed by atoms with E-state index in [1.54, 1.807) is 67.8 Å². The summed E-state index contributed by atoms with van der Waals surface area (Å²) in [4.78, 5) is 12.3. The van der Waals surface area contributed by atoms with Crippen LogP contribution in [0.5, 0.6) is 28.7 Å². The highest BCUT2D eigenvalue weighted by atomic mass is 16.6. The third kappa shape index (κ3) is 6.53. The van der Waals surface area contributed by atoms with Gasteiger partial charge in [-0.05, 0) is 84.8 Å². The van der Waals surface area contributed by atoms with E-state index < -0.39 is 5.97 Å². The molecule has 0 radical (unpaired) electrons. The molecule has 0 spiro atoms. The molecular formula is C27H25NO6. The summed E-state index contributed by atoms with van der Waals surface area (Å²) < 4.78 is 26.8. The van der Waals surface area contributed by atoms with E-state index >= 15 is 0 Å². The van der Waals surface area contributed by atoms with Gasteiger partial charge in [0.05, 0.1) is 32.5 Å². The summed E-state index contributed by atoms with van der Waals surface area (Å²) in [5.74, 6) is 1.99. The van der Waals surface area contributed by atoms with Crippen LogP contribution in [0.25, 0.3) is 11.6 Å². The van der Waals surface area contributed by atoms with Gasteiger partial charge in [0.25, 0.3) is 0 Å². The molecule has 174 valence electrons. The molecule has 0 fully saturated rings. The summed E-state index contributed by atoms with van der Waals surface area (Å²) in [6, 6.07) is 21.4. The normalized spacial score (nSPS) is 10.7. The highest BCUT2D eigenvalue weighted by Crippen LogP contribution is 2.30. The molecule has 3 aromatic carbocycles. The topological polar surface area (TPSA) is 87.0 Å². The van der Waals surface area contributed by atoms with Gasteiger partial charge in [0.15, 0.2) is 18.1 Å². The van der Waals surface area contributed by atoms with Gasteiger partial charge in [0.2, 0.25) is 0 Å². The van der Waals surface area contributed by atoms with Crippen LogP contribution in [-0.2, 0) is 4.79 Å². The molecule has 0 aliphatic heterocycles. The molecule has 3 rings (SSSR count). The third-order valence-corrected chi connectivity index (χ3v) is 4.74. The summed E-state index contributed by atoms with van der Waals surface area (Å²) in [6.07, 6.45) is 1.73. The Hall–Kier alpha value is -4.44. The summed E-state index contributed by atoms with van der Waals surface area (Å²) >= 11 is 0. The van der Waals surface area contributed by atoms with Gasteiger partial charge in [-0.15, -0.1) is 0 Å². The van der Waals surface area contributed by atoms with E-state index in [0.29, 0.717) is 29.4 Å². The van der Waals surface area contributed by atoms with Crippen molar-refractivity contribution >= 4 is 17.6 Å². The van der Waals surface area contributed by atoms with Crippen molar-refractivity contribution in [2.45, 2.75) is 6.92 Å². The van der Waals surface area contributed by atoms with Gasteiger partial charge in [-0.2, -0.15) is 5.26 Å². The SMILES string of the molecule is CCOc1ccc(OCC(=O)Oc2ccc(/C=C(/C#N)c3ccc(OC)cc3)cc2OC)cc1. The lowest BCUT2D eigenvalue weighted by atomic mass is 10.0. The van der Waals surface area contributed by atoms with E-state index in [9.17, 15) is 10.1 Å². The lowest BCUT2D eigenvalue weighted by Crippen LogP contribution is -2.18. The van der Waals surface area contributed by atoms with Crippen molar-refractivity contribution in [2.24, 2.45) is 0 Å². The van der Waals surface area contributed by atoms with Crippen molar-refractivity contribution in [2.75, 3.05) is 27.4 Å². The Kier molecular flexibility index (Phi) is 8.53. The number of ether oxygens (including phenoxy) is 5. The predicted octanol–water partition coefficient (Wildman–Crippen LogP) is 5.15. The fraction of sp³-hybridized carbons (Fsp3) is 0.185. The summed E-state index contributed by atoms with van der Waals surface area (Å²) in [7, 11) is 3.06. The highest BCUT2D eigenvalue weighted by Gasteiger charge is 2.12. The number of nitriles is 1. The number of hydrogen-bond donors (Lipinski definition) is 0. The second-order valence-corrected chi connectivity index (χ2v) is 6.98. The summed E-state index contributed by atoms with van der Waals surface area (Å²) in [6.45, 7) is 2.21. The first-order valence-corrected chi connectivity index (χ1v) is 10.6. The summed E-state index contributed by atoms with van der Waals surface area (Å²) in [5.41, 5.74) is 1.94. The molecule has 7 nitrogen and oxygen atoms in total. The van der Waals surface area contributed by atoms with Crippen molar-refractivity contribution in [1.82, 2.24) is 0 Å². The molecule has 3 aromatic rings. The van der Waals surface area contributed by atoms with Crippen LogP contribution < -0.4 is 23.7 Å². The third-order valence-electron chi connectivity index (χ3n) is 4.74. The molecule has 7 heteroatoms. The molecule has 0 amide bonds. The molecule has 34 heavy (non-hydrogen) atoms. The fourth-order valence-corrected chi connectivity index (χ4v) is 3.07. The van der Waals surface area contributed by atoms with Crippen molar-refractivity contribution in [3.05, 3.63) is 77.9 Å². The zero-order valence-corrected chi connectivity index (χ0v) is 19.2. The largest absolute Gasteiger partial charge is 0.497 e. The molecule has 0 saturated carbocycles. The number of allylic oxidation sites excluding steroid dienone is 1. The highest BCUT2D eigenvalue weighted by molar-refractivity contribution is 5.90. The molecule has 0 saturated heterocycles. The zero-order valence-electron chi connectivity index (χ0n) is 19.2. The van der Waals surface area contributed by atoms with Crippen LogP contribution in [0.15, 0.2) is 66.7 Å². The van der Waals surface area contributed by atoms with Gasteiger partial charge in [0, 0.05) is 0 Å². The average Bonchev–Trinajstić information content (AvgIpc) is 2.88. The zero-order chi connectivity index (χ0) is 24.3. The lowest BCUT2D eigenvalue weighted by Gasteiger charge is -2.11. The van der Waals surface area contributed by atoms with Crippen LogP contribution in [0, 0.1) is 11.3 Å². The molecular weight excluding hydrogens is 434 g/mol. The van der Waals surface area contributed by atoms with Gasteiger partial charge in [-0.25, -0.2) is 4.79 Å². The second kappa shape index (κ2) is 12.0. The van der Waals surface area contributed by atoms with Gasteiger partial charge in [-0.1, -0.05) is 6.07 Å². The molecule has 0 bridgehead atoms. The number of methoxy groups -OCH3 is 2. The maximum absolute atomic E-state index is 12.3. The van der Waals surface area contributed by atoms with Gasteiger partial charge >= 0.3 is 5.97 Å². The van der Waals surface area contributed by atoms with E-state index in [-0.39, 0.29) is 12.4 Å². The van der Waals surface area contributed by atoms with E-state index in [1.807, 2.05) is 19.1 Å². The number of rotatable bonds is 10.